The minimum absolute atomic E-state index is 0.0512. The molecule has 1 unspecified atom stereocenters. The van der Waals surface area contributed by atoms with Crippen molar-refractivity contribution in [1.29, 1.82) is 0 Å². The number of carbonyl (C=O) groups is 1. The fourth-order valence-corrected chi connectivity index (χ4v) is 2.66. The van der Waals surface area contributed by atoms with E-state index in [0.29, 0.717) is 18.1 Å². The van der Waals surface area contributed by atoms with Gasteiger partial charge in [0.05, 0.1) is 23.8 Å². The van der Waals surface area contributed by atoms with Gasteiger partial charge in [0.1, 0.15) is 0 Å². The van der Waals surface area contributed by atoms with Crippen molar-refractivity contribution < 1.29 is 4.79 Å². The molecule has 0 aliphatic carbocycles. The van der Waals surface area contributed by atoms with Gasteiger partial charge < -0.3 is 10.2 Å². The van der Waals surface area contributed by atoms with Gasteiger partial charge in [0.15, 0.2) is 0 Å². The largest absolute Gasteiger partial charge is 0.383 e. The van der Waals surface area contributed by atoms with Crippen LogP contribution in [0.3, 0.4) is 0 Å². The van der Waals surface area contributed by atoms with Gasteiger partial charge in [0.2, 0.25) is 5.91 Å². The van der Waals surface area contributed by atoms with Crippen LogP contribution in [-0.4, -0.2) is 12.5 Å². The molecule has 1 aliphatic heterocycles. The van der Waals surface area contributed by atoms with Crippen molar-refractivity contribution in [2.45, 2.75) is 13.5 Å². The Morgan fingerprint density at radius 1 is 1.19 bits per heavy atom. The standard InChI is InChI=1S/C17H17ClN2O/c1-12-10-19-15-4-2-3-5-16(15)20(17(12)21)11-13-6-8-14(18)9-7-13/h2-9,12,19H,10-11H2,1H3. The third-order valence-corrected chi connectivity index (χ3v) is 3.99. The molecule has 3 rings (SSSR count). The van der Waals surface area contributed by atoms with Crippen LogP contribution in [0.2, 0.25) is 5.02 Å². The minimum atomic E-state index is -0.0512. The van der Waals surface area contributed by atoms with E-state index in [2.05, 4.69) is 5.32 Å². The number of para-hydroxylation sites is 2. The number of hydrogen-bond donors (Lipinski definition) is 1. The number of benzene rings is 2. The quantitative estimate of drug-likeness (QED) is 0.911. The van der Waals surface area contributed by atoms with Gasteiger partial charge in [-0.1, -0.05) is 42.8 Å². The molecule has 1 heterocycles. The Hall–Kier alpha value is -2.00. The Bertz CT molecular complexity index is 654. The molecule has 3 nitrogen and oxygen atoms in total. The van der Waals surface area contributed by atoms with Crippen molar-refractivity contribution in [3.05, 3.63) is 59.1 Å². The molecule has 21 heavy (non-hydrogen) atoms. The van der Waals surface area contributed by atoms with E-state index in [-0.39, 0.29) is 11.8 Å². The highest BCUT2D eigenvalue weighted by Gasteiger charge is 2.27. The number of halogens is 1. The molecule has 2 aromatic rings. The highest BCUT2D eigenvalue weighted by molar-refractivity contribution is 6.30. The molecule has 0 saturated heterocycles. The fraction of sp³-hybridized carbons (Fsp3) is 0.235. The fourth-order valence-electron chi connectivity index (χ4n) is 2.53. The number of rotatable bonds is 2. The Balaban J connectivity index is 1.97. The first kappa shape index (κ1) is 14.0. The number of anilines is 2. The summed E-state index contributed by atoms with van der Waals surface area (Å²) in [6, 6.07) is 15.6. The maximum absolute atomic E-state index is 12.6. The second-order valence-corrected chi connectivity index (χ2v) is 5.79. The van der Waals surface area contributed by atoms with Crippen molar-refractivity contribution in [2.75, 3.05) is 16.8 Å². The summed E-state index contributed by atoms with van der Waals surface area (Å²) in [5, 5.41) is 4.05. The summed E-state index contributed by atoms with van der Waals surface area (Å²) in [5.41, 5.74) is 3.00. The number of carbonyl (C=O) groups excluding carboxylic acids is 1. The second-order valence-electron chi connectivity index (χ2n) is 5.35. The van der Waals surface area contributed by atoms with Crippen LogP contribution in [0.1, 0.15) is 12.5 Å². The molecule has 1 atom stereocenters. The maximum atomic E-state index is 12.6. The van der Waals surface area contributed by atoms with Crippen molar-refractivity contribution in [3.8, 4) is 0 Å². The lowest BCUT2D eigenvalue weighted by Gasteiger charge is -2.24. The van der Waals surface area contributed by atoms with Crippen LogP contribution in [0, 0.1) is 5.92 Å². The molecular weight excluding hydrogens is 284 g/mol. The lowest BCUT2D eigenvalue weighted by molar-refractivity contribution is -0.121. The van der Waals surface area contributed by atoms with Gasteiger partial charge in [-0.25, -0.2) is 0 Å². The molecule has 1 amide bonds. The Morgan fingerprint density at radius 2 is 1.90 bits per heavy atom. The van der Waals surface area contributed by atoms with Crippen molar-refractivity contribution >= 4 is 28.9 Å². The molecule has 0 saturated carbocycles. The van der Waals surface area contributed by atoms with E-state index in [1.807, 2.05) is 60.4 Å². The Labute approximate surface area is 129 Å². The predicted molar refractivity (Wildman–Crippen MR) is 86.7 cm³/mol. The van der Waals surface area contributed by atoms with Crippen LogP contribution in [0.5, 0.6) is 0 Å². The van der Waals surface area contributed by atoms with Gasteiger partial charge in [-0.05, 0) is 29.8 Å². The van der Waals surface area contributed by atoms with E-state index in [9.17, 15) is 4.79 Å². The van der Waals surface area contributed by atoms with Crippen LogP contribution in [0.25, 0.3) is 0 Å². The molecule has 2 aromatic carbocycles. The smallest absolute Gasteiger partial charge is 0.231 e. The molecule has 0 radical (unpaired) electrons. The highest BCUT2D eigenvalue weighted by atomic mass is 35.5. The maximum Gasteiger partial charge on any atom is 0.231 e. The zero-order valence-electron chi connectivity index (χ0n) is 11.8. The van der Waals surface area contributed by atoms with Crippen LogP contribution < -0.4 is 10.2 Å². The van der Waals surface area contributed by atoms with E-state index in [1.165, 1.54) is 0 Å². The van der Waals surface area contributed by atoms with E-state index in [1.54, 1.807) is 0 Å². The number of amides is 1. The third-order valence-electron chi connectivity index (χ3n) is 3.74. The minimum Gasteiger partial charge on any atom is -0.383 e. The second kappa shape index (κ2) is 5.78. The lowest BCUT2D eigenvalue weighted by Crippen LogP contribution is -2.34. The summed E-state index contributed by atoms with van der Waals surface area (Å²) in [6.07, 6.45) is 0. The molecule has 0 bridgehead atoms. The first-order chi connectivity index (χ1) is 10.1. The van der Waals surface area contributed by atoms with Crippen LogP contribution in [0.15, 0.2) is 48.5 Å². The molecule has 4 heteroatoms. The van der Waals surface area contributed by atoms with Crippen LogP contribution in [0.4, 0.5) is 11.4 Å². The first-order valence-electron chi connectivity index (χ1n) is 7.04. The zero-order chi connectivity index (χ0) is 14.8. The summed E-state index contributed by atoms with van der Waals surface area (Å²) < 4.78 is 0. The number of nitrogens with one attached hydrogen (secondary N) is 1. The van der Waals surface area contributed by atoms with Crippen molar-refractivity contribution in [2.24, 2.45) is 5.92 Å². The van der Waals surface area contributed by atoms with Crippen LogP contribution in [-0.2, 0) is 11.3 Å². The summed E-state index contributed by atoms with van der Waals surface area (Å²) in [6.45, 7) is 3.17. The molecule has 0 fully saturated rings. The summed E-state index contributed by atoms with van der Waals surface area (Å²) in [5.74, 6) is 0.0899. The molecule has 1 N–H and O–H groups in total. The summed E-state index contributed by atoms with van der Waals surface area (Å²) in [7, 11) is 0. The van der Waals surface area contributed by atoms with Gasteiger partial charge in [0.25, 0.3) is 0 Å². The van der Waals surface area contributed by atoms with E-state index < -0.39 is 0 Å². The van der Waals surface area contributed by atoms with Crippen LogP contribution >= 0.6 is 11.6 Å². The zero-order valence-corrected chi connectivity index (χ0v) is 12.6. The van der Waals surface area contributed by atoms with Gasteiger partial charge in [0, 0.05) is 11.6 Å². The first-order valence-corrected chi connectivity index (χ1v) is 7.41. The average molecular weight is 301 g/mol. The number of nitrogens with zero attached hydrogens (tertiary/aromatic N) is 1. The van der Waals surface area contributed by atoms with Crippen molar-refractivity contribution in [3.63, 3.8) is 0 Å². The third kappa shape index (κ3) is 2.88. The Morgan fingerprint density at radius 3 is 2.67 bits per heavy atom. The van der Waals surface area contributed by atoms with Gasteiger partial charge in [-0.2, -0.15) is 0 Å². The molecule has 0 aromatic heterocycles. The highest BCUT2D eigenvalue weighted by Crippen LogP contribution is 2.31. The van der Waals surface area contributed by atoms with Crippen molar-refractivity contribution in [1.82, 2.24) is 0 Å². The molecule has 1 aliphatic rings. The Kier molecular flexibility index (Phi) is 3.84. The number of hydrogen-bond acceptors (Lipinski definition) is 2. The number of fused-ring (bicyclic) bond motifs is 1. The normalized spacial score (nSPS) is 17.9. The predicted octanol–water partition coefficient (Wildman–Crippen LogP) is 3.93. The summed E-state index contributed by atoms with van der Waals surface area (Å²) >= 11 is 5.92. The van der Waals surface area contributed by atoms with Gasteiger partial charge >= 0.3 is 0 Å². The van der Waals surface area contributed by atoms with E-state index in [0.717, 1.165) is 16.9 Å². The summed E-state index contributed by atoms with van der Waals surface area (Å²) in [4.78, 5) is 14.5. The van der Waals surface area contributed by atoms with Gasteiger partial charge in [-0.3, -0.25) is 4.79 Å². The monoisotopic (exact) mass is 300 g/mol. The SMILES string of the molecule is CC1CNc2ccccc2N(Cc2ccc(Cl)cc2)C1=O. The lowest BCUT2D eigenvalue weighted by atomic mass is 10.1. The molecular formula is C17H17ClN2O. The molecule has 0 spiro atoms. The van der Waals surface area contributed by atoms with E-state index >= 15 is 0 Å². The topological polar surface area (TPSA) is 32.3 Å². The molecule has 108 valence electrons. The van der Waals surface area contributed by atoms with E-state index in [4.69, 9.17) is 11.6 Å². The van der Waals surface area contributed by atoms with Gasteiger partial charge in [-0.15, -0.1) is 0 Å². The average Bonchev–Trinajstić information content (AvgIpc) is 2.62.